The van der Waals surface area contributed by atoms with Crippen LogP contribution in [-0.2, 0) is 22.3 Å². The van der Waals surface area contributed by atoms with Gasteiger partial charge in [-0.2, -0.15) is 13.2 Å². The molecule has 0 fully saturated rings. The van der Waals surface area contributed by atoms with Crippen molar-refractivity contribution >= 4 is 17.9 Å². The standard InChI is InChI=1S/C18H16F3N3O2/c1-10-13(3-4-16(23-10)24-17(25)9-26-2)14-6-12(18(19,20)21)5-11-7-22-8-15(11)14/h3-6,8H,7,9H2,1-2H3,(H,23,24,25). The minimum atomic E-state index is -4.44. The molecule has 3 rings (SSSR count). The number of pyridine rings is 1. The van der Waals surface area contributed by atoms with Gasteiger partial charge in [0.1, 0.15) is 12.4 Å². The molecule has 0 bridgehead atoms. The third-order valence-electron chi connectivity index (χ3n) is 3.99. The molecule has 1 aliphatic heterocycles. The number of hydrogen-bond acceptors (Lipinski definition) is 4. The molecule has 8 heteroatoms. The van der Waals surface area contributed by atoms with Crippen LogP contribution in [0.1, 0.15) is 22.4 Å². The molecule has 1 aromatic carbocycles. The maximum atomic E-state index is 13.2. The lowest BCUT2D eigenvalue weighted by Crippen LogP contribution is -2.18. The number of alkyl halides is 3. The number of anilines is 1. The molecule has 1 aromatic heterocycles. The molecule has 5 nitrogen and oxygen atoms in total. The molecular weight excluding hydrogens is 347 g/mol. The molecule has 1 amide bonds. The van der Waals surface area contributed by atoms with Crippen LogP contribution >= 0.6 is 0 Å². The highest BCUT2D eigenvalue weighted by molar-refractivity contribution is 5.95. The number of carbonyl (C=O) groups is 1. The summed E-state index contributed by atoms with van der Waals surface area (Å²) in [7, 11) is 1.40. The normalized spacial score (nSPS) is 13.0. The highest BCUT2D eigenvalue weighted by Gasteiger charge is 2.33. The fraction of sp³-hybridized carbons (Fsp3) is 0.278. The van der Waals surface area contributed by atoms with Crippen molar-refractivity contribution in [2.75, 3.05) is 19.0 Å². The lowest BCUT2D eigenvalue weighted by atomic mass is 9.93. The number of nitrogens with one attached hydrogen (secondary N) is 1. The number of ether oxygens (including phenoxy) is 1. The van der Waals surface area contributed by atoms with E-state index in [0.29, 0.717) is 33.8 Å². The fourth-order valence-electron chi connectivity index (χ4n) is 2.84. The zero-order valence-electron chi connectivity index (χ0n) is 14.1. The van der Waals surface area contributed by atoms with Gasteiger partial charge in [0.05, 0.1) is 12.1 Å². The first-order valence-corrected chi connectivity index (χ1v) is 7.80. The third kappa shape index (κ3) is 3.60. The number of hydrogen-bond donors (Lipinski definition) is 1. The number of amides is 1. The largest absolute Gasteiger partial charge is 0.416 e. The predicted molar refractivity (Wildman–Crippen MR) is 91.2 cm³/mol. The van der Waals surface area contributed by atoms with Crippen LogP contribution in [0.25, 0.3) is 11.1 Å². The molecule has 0 aliphatic carbocycles. The van der Waals surface area contributed by atoms with Gasteiger partial charge in [0.15, 0.2) is 0 Å². The topological polar surface area (TPSA) is 63.6 Å². The fourth-order valence-corrected chi connectivity index (χ4v) is 2.84. The first-order chi connectivity index (χ1) is 12.3. The molecule has 0 atom stereocenters. The highest BCUT2D eigenvalue weighted by Crippen LogP contribution is 2.37. The second-order valence-electron chi connectivity index (χ2n) is 5.87. The molecule has 1 aliphatic rings. The minimum Gasteiger partial charge on any atom is -0.375 e. The van der Waals surface area contributed by atoms with E-state index < -0.39 is 11.7 Å². The lowest BCUT2D eigenvalue weighted by Gasteiger charge is -2.15. The van der Waals surface area contributed by atoms with Crippen LogP contribution in [0.3, 0.4) is 0 Å². The lowest BCUT2D eigenvalue weighted by molar-refractivity contribution is -0.137. The summed E-state index contributed by atoms with van der Waals surface area (Å²) in [6.07, 6.45) is -2.86. The van der Waals surface area contributed by atoms with Crippen LogP contribution in [-0.4, -0.2) is 30.8 Å². The number of aliphatic imine (C=N–C) groups is 1. The van der Waals surface area contributed by atoms with Crippen molar-refractivity contribution in [1.82, 2.24) is 4.98 Å². The Bertz CT molecular complexity index is 892. The quantitative estimate of drug-likeness (QED) is 0.903. The molecule has 0 saturated heterocycles. The van der Waals surface area contributed by atoms with Crippen LogP contribution in [0.15, 0.2) is 29.3 Å². The van der Waals surface area contributed by atoms with Crippen molar-refractivity contribution in [2.45, 2.75) is 19.6 Å². The zero-order chi connectivity index (χ0) is 18.9. The number of aromatic nitrogens is 1. The van der Waals surface area contributed by atoms with E-state index in [1.807, 2.05) is 0 Å². The maximum absolute atomic E-state index is 13.2. The summed E-state index contributed by atoms with van der Waals surface area (Å²) in [6.45, 7) is 1.80. The SMILES string of the molecule is COCC(=O)Nc1ccc(-c2cc(C(F)(F)F)cc3c2C=NC3)c(C)n1. The summed E-state index contributed by atoms with van der Waals surface area (Å²) in [5.41, 5.74) is 1.97. The second-order valence-corrected chi connectivity index (χ2v) is 5.87. The summed E-state index contributed by atoms with van der Waals surface area (Å²) < 4.78 is 44.4. The first-order valence-electron chi connectivity index (χ1n) is 7.80. The average Bonchev–Trinajstić information content (AvgIpc) is 3.02. The molecule has 0 unspecified atom stereocenters. The van der Waals surface area contributed by atoms with Gasteiger partial charge in [-0.3, -0.25) is 9.79 Å². The van der Waals surface area contributed by atoms with E-state index in [4.69, 9.17) is 4.74 Å². The Morgan fingerprint density at radius 1 is 1.27 bits per heavy atom. The molecule has 2 heterocycles. The van der Waals surface area contributed by atoms with Crippen LogP contribution in [0.2, 0.25) is 0 Å². The van der Waals surface area contributed by atoms with Gasteiger partial charge in [0.2, 0.25) is 0 Å². The Balaban J connectivity index is 2.03. The van der Waals surface area contributed by atoms with Gasteiger partial charge in [-0.15, -0.1) is 0 Å². The number of aryl methyl sites for hydroxylation is 1. The van der Waals surface area contributed by atoms with Crippen LogP contribution in [0.4, 0.5) is 19.0 Å². The minimum absolute atomic E-state index is 0.111. The Labute approximate surface area is 147 Å². The van der Waals surface area contributed by atoms with Crippen molar-refractivity contribution in [2.24, 2.45) is 4.99 Å². The van der Waals surface area contributed by atoms with Gasteiger partial charge in [0.25, 0.3) is 5.91 Å². The molecule has 0 saturated carbocycles. The highest BCUT2D eigenvalue weighted by atomic mass is 19.4. The van der Waals surface area contributed by atoms with Crippen molar-refractivity contribution in [3.63, 3.8) is 0 Å². The van der Waals surface area contributed by atoms with Crippen molar-refractivity contribution < 1.29 is 22.7 Å². The van der Waals surface area contributed by atoms with E-state index in [1.54, 1.807) is 25.3 Å². The van der Waals surface area contributed by atoms with E-state index in [1.165, 1.54) is 7.11 Å². The molecular formula is C18H16F3N3O2. The van der Waals surface area contributed by atoms with E-state index in [9.17, 15) is 18.0 Å². The summed E-state index contributed by atoms with van der Waals surface area (Å²) in [4.78, 5) is 19.9. The predicted octanol–water partition coefficient (Wildman–Crippen LogP) is 3.59. The maximum Gasteiger partial charge on any atom is 0.416 e. The van der Waals surface area contributed by atoms with Crippen LogP contribution < -0.4 is 5.32 Å². The van der Waals surface area contributed by atoms with E-state index >= 15 is 0 Å². The number of fused-ring (bicyclic) bond motifs is 1. The van der Waals surface area contributed by atoms with Gasteiger partial charge in [-0.25, -0.2) is 4.98 Å². The molecule has 2 aromatic rings. The monoisotopic (exact) mass is 363 g/mol. The number of benzene rings is 1. The summed E-state index contributed by atoms with van der Waals surface area (Å²) >= 11 is 0. The van der Waals surface area contributed by atoms with Crippen molar-refractivity contribution in [3.05, 3.63) is 46.6 Å². The van der Waals surface area contributed by atoms with Gasteiger partial charge >= 0.3 is 6.18 Å². The second kappa shape index (κ2) is 6.87. The Morgan fingerprint density at radius 3 is 2.69 bits per heavy atom. The Kier molecular flexibility index (Phi) is 4.78. The smallest absolute Gasteiger partial charge is 0.375 e. The van der Waals surface area contributed by atoms with Crippen LogP contribution in [0.5, 0.6) is 0 Å². The molecule has 1 N–H and O–H groups in total. The average molecular weight is 363 g/mol. The molecule has 0 spiro atoms. The summed E-state index contributed by atoms with van der Waals surface area (Å²) in [5, 5.41) is 2.57. The van der Waals surface area contributed by atoms with Crippen molar-refractivity contribution in [3.8, 4) is 11.1 Å². The van der Waals surface area contributed by atoms with Gasteiger partial charge < -0.3 is 10.1 Å². The summed E-state index contributed by atoms with van der Waals surface area (Å²) in [5.74, 6) is -0.0511. The molecule has 136 valence electrons. The van der Waals surface area contributed by atoms with Gasteiger partial charge in [0, 0.05) is 30.1 Å². The number of nitrogens with zero attached hydrogens (tertiary/aromatic N) is 2. The van der Waals surface area contributed by atoms with Gasteiger partial charge in [-0.05, 0) is 42.3 Å². The number of rotatable bonds is 4. The Morgan fingerprint density at radius 2 is 2.04 bits per heavy atom. The number of methoxy groups -OCH3 is 1. The van der Waals surface area contributed by atoms with E-state index in [0.717, 1.165) is 12.1 Å². The number of carbonyl (C=O) groups excluding carboxylic acids is 1. The number of halogens is 3. The van der Waals surface area contributed by atoms with Crippen LogP contribution in [0, 0.1) is 6.92 Å². The third-order valence-corrected chi connectivity index (χ3v) is 3.99. The zero-order valence-corrected chi connectivity index (χ0v) is 14.1. The summed E-state index contributed by atoms with van der Waals surface area (Å²) in [6, 6.07) is 5.44. The van der Waals surface area contributed by atoms with Gasteiger partial charge in [-0.1, -0.05) is 0 Å². The molecule has 0 radical (unpaired) electrons. The van der Waals surface area contributed by atoms with E-state index in [2.05, 4.69) is 15.3 Å². The molecule has 26 heavy (non-hydrogen) atoms. The Hall–Kier alpha value is -2.74. The first kappa shape index (κ1) is 18.1. The van der Waals surface area contributed by atoms with Crippen molar-refractivity contribution in [1.29, 1.82) is 0 Å². The van der Waals surface area contributed by atoms with E-state index in [-0.39, 0.29) is 19.1 Å².